The number of hydrogen-bond donors (Lipinski definition) is 2. The van der Waals surface area contributed by atoms with Crippen molar-refractivity contribution in [1.29, 1.82) is 0 Å². The van der Waals surface area contributed by atoms with Gasteiger partial charge in [0, 0.05) is 17.8 Å². The molecule has 0 heterocycles. The lowest BCUT2D eigenvalue weighted by Gasteiger charge is -2.23. The van der Waals surface area contributed by atoms with Crippen LogP contribution in [-0.2, 0) is 6.54 Å². The van der Waals surface area contributed by atoms with Crippen molar-refractivity contribution in [3.8, 4) is 0 Å². The number of rotatable bonds is 6. The van der Waals surface area contributed by atoms with Gasteiger partial charge in [-0.15, -0.1) is 0 Å². The predicted octanol–water partition coefficient (Wildman–Crippen LogP) is 3.19. The summed E-state index contributed by atoms with van der Waals surface area (Å²) < 4.78 is 0.208. The van der Waals surface area contributed by atoms with Gasteiger partial charge in [0.05, 0.1) is 6.54 Å². The molecule has 4 heteroatoms. The van der Waals surface area contributed by atoms with Crippen LogP contribution in [0.1, 0.15) is 31.9 Å². The predicted molar refractivity (Wildman–Crippen MR) is 91.6 cm³/mol. The molecule has 1 aromatic rings. The van der Waals surface area contributed by atoms with Crippen LogP contribution in [0, 0.1) is 6.92 Å². The first-order valence-corrected chi connectivity index (χ1v) is 8.32. The highest BCUT2D eigenvalue weighted by Gasteiger charge is 2.15. The number of nitrogens with zero attached hydrogens (tertiary/aromatic N) is 1. The Labute approximate surface area is 127 Å². The summed E-state index contributed by atoms with van der Waals surface area (Å²) in [5.41, 5.74) is 2.52. The summed E-state index contributed by atoms with van der Waals surface area (Å²) in [6.45, 7) is 11.1. The number of aryl methyl sites for hydroxylation is 1. The Morgan fingerprint density at radius 2 is 1.85 bits per heavy atom. The molecule has 0 unspecified atom stereocenters. The Kier molecular flexibility index (Phi) is 6.93. The number of hydrogen-bond acceptors (Lipinski definition) is 2. The van der Waals surface area contributed by atoms with Crippen LogP contribution in [0.15, 0.2) is 29.3 Å². The van der Waals surface area contributed by atoms with Crippen LogP contribution in [0.4, 0.5) is 0 Å². The third-order valence-electron chi connectivity index (χ3n) is 3.12. The van der Waals surface area contributed by atoms with Crippen LogP contribution in [-0.4, -0.2) is 30.1 Å². The van der Waals surface area contributed by atoms with Crippen LogP contribution >= 0.6 is 11.8 Å². The molecule has 0 amide bonds. The van der Waals surface area contributed by atoms with E-state index in [9.17, 15) is 0 Å². The van der Waals surface area contributed by atoms with Gasteiger partial charge in [0.2, 0.25) is 0 Å². The standard InChI is InChI=1S/C16H27N3S/c1-6-17-15(19-12-16(3,4)20-5)18-11-14-9-7-13(2)8-10-14/h7-10H,6,11-12H2,1-5H3,(H2,17,18,19). The molecule has 1 aromatic carbocycles. The van der Waals surface area contributed by atoms with E-state index in [1.165, 1.54) is 11.1 Å². The van der Waals surface area contributed by atoms with E-state index >= 15 is 0 Å². The Bertz CT molecular complexity index is 424. The monoisotopic (exact) mass is 293 g/mol. The molecular weight excluding hydrogens is 266 g/mol. The molecule has 0 aliphatic heterocycles. The van der Waals surface area contributed by atoms with Gasteiger partial charge in [0.15, 0.2) is 5.96 Å². The molecule has 0 aliphatic rings. The van der Waals surface area contributed by atoms with E-state index in [2.05, 4.69) is 73.8 Å². The Morgan fingerprint density at radius 1 is 1.20 bits per heavy atom. The van der Waals surface area contributed by atoms with E-state index in [0.29, 0.717) is 6.54 Å². The molecule has 0 bridgehead atoms. The molecule has 0 aliphatic carbocycles. The van der Waals surface area contributed by atoms with E-state index in [1.54, 1.807) is 0 Å². The second-order valence-corrected chi connectivity index (χ2v) is 7.01. The van der Waals surface area contributed by atoms with Gasteiger partial charge in [-0.05, 0) is 39.5 Å². The first-order chi connectivity index (χ1) is 9.46. The molecule has 0 atom stereocenters. The maximum Gasteiger partial charge on any atom is 0.191 e. The van der Waals surface area contributed by atoms with Gasteiger partial charge in [0.25, 0.3) is 0 Å². The topological polar surface area (TPSA) is 36.4 Å². The number of benzene rings is 1. The van der Waals surface area contributed by atoms with Crippen LogP contribution in [0.25, 0.3) is 0 Å². The van der Waals surface area contributed by atoms with Gasteiger partial charge in [-0.2, -0.15) is 11.8 Å². The molecule has 3 nitrogen and oxygen atoms in total. The van der Waals surface area contributed by atoms with Crippen LogP contribution in [0.5, 0.6) is 0 Å². The summed E-state index contributed by atoms with van der Waals surface area (Å²) in [6, 6.07) is 8.52. The summed E-state index contributed by atoms with van der Waals surface area (Å²) in [5, 5.41) is 6.70. The fourth-order valence-corrected chi connectivity index (χ4v) is 1.79. The summed E-state index contributed by atoms with van der Waals surface area (Å²) in [7, 11) is 0. The molecule has 0 fully saturated rings. The van der Waals surface area contributed by atoms with E-state index in [0.717, 1.165) is 19.0 Å². The van der Waals surface area contributed by atoms with Crippen molar-refractivity contribution in [2.45, 2.75) is 39.0 Å². The van der Waals surface area contributed by atoms with E-state index in [4.69, 9.17) is 0 Å². The van der Waals surface area contributed by atoms with Crippen LogP contribution in [0.3, 0.4) is 0 Å². The van der Waals surface area contributed by atoms with Crippen molar-refractivity contribution in [2.75, 3.05) is 19.3 Å². The number of guanidine groups is 1. The second-order valence-electron chi connectivity index (χ2n) is 5.50. The minimum Gasteiger partial charge on any atom is -0.357 e. The maximum absolute atomic E-state index is 4.64. The van der Waals surface area contributed by atoms with Crippen molar-refractivity contribution < 1.29 is 0 Å². The quantitative estimate of drug-likeness (QED) is 0.625. The first kappa shape index (κ1) is 16.9. The third kappa shape index (κ3) is 6.33. The van der Waals surface area contributed by atoms with Crippen molar-refractivity contribution in [1.82, 2.24) is 10.6 Å². The van der Waals surface area contributed by atoms with Gasteiger partial charge >= 0.3 is 0 Å². The summed E-state index contributed by atoms with van der Waals surface area (Å²) in [6.07, 6.45) is 2.14. The molecule has 0 saturated carbocycles. The fourth-order valence-electron chi connectivity index (χ4n) is 1.57. The molecule has 112 valence electrons. The van der Waals surface area contributed by atoms with Crippen molar-refractivity contribution in [2.24, 2.45) is 4.99 Å². The zero-order chi connectivity index (χ0) is 15.0. The van der Waals surface area contributed by atoms with E-state index in [1.807, 2.05) is 11.8 Å². The molecule has 20 heavy (non-hydrogen) atoms. The Hall–Kier alpha value is -1.16. The Balaban J connectivity index is 2.60. The summed E-state index contributed by atoms with van der Waals surface area (Å²) >= 11 is 1.86. The van der Waals surface area contributed by atoms with Gasteiger partial charge in [0.1, 0.15) is 0 Å². The largest absolute Gasteiger partial charge is 0.357 e. The minimum atomic E-state index is 0.208. The van der Waals surface area contributed by atoms with Gasteiger partial charge in [-0.3, -0.25) is 0 Å². The third-order valence-corrected chi connectivity index (χ3v) is 4.37. The summed E-state index contributed by atoms with van der Waals surface area (Å²) in [4.78, 5) is 4.64. The highest BCUT2D eigenvalue weighted by atomic mass is 32.2. The SMILES string of the molecule is CCNC(=NCc1ccc(C)cc1)NCC(C)(C)SC. The van der Waals surface area contributed by atoms with Crippen molar-refractivity contribution in [3.63, 3.8) is 0 Å². The molecular formula is C16H27N3S. The van der Waals surface area contributed by atoms with Gasteiger partial charge in [-0.1, -0.05) is 29.8 Å². The minimum absolute atomic E-state index is 0.208. The smallest absolute Gasteiger partial charge is 0.191 e. The number of aliphatic imine (C=N–C) groups is 1. The van der Waals surface area contributed by atoms with Gasteiger partial charge < -0.3 is 10.6 Å². The number of thioether (sulfide) groups is 1. The molecule has 1 rings (SSSR count). The van der Waals surface area contributed by atoms with Gasteiger partial charge in [-0.25, -0.2) is 4.99 Å². The average molecular weight is 293 g/mol. The highest BCUT2D eigenvalue weighted by molar-refractivity contribution is 7.99. The first-order valence-electron chi connectivity index (χ1n) is 7.09. The normalized spacial score (nSPS) is 12.3. The van der Waals surface area contributed by atoms with Crippen molar-refractivity contribution >= 4 is 17.7 Å². The molecule has 0 aromatic heterocycles. The van der Waals surface area contributed by atoms with Crippen LogP contribution in [0.2, 0.25) is 0 Å². The van der Waals surface area contributed by atoms with E-state index in [-0.39, 0.29) is 4.75 Å². The zero-order valence-electron chi connectivity index (χ0n) is 13.3. The fraction of sp³-hybridized carbons (Fsp3) is 0.562. The number of nitrogens with one attached hydrogen (secondary N) is 2. The average Bonchev–Trinajstić information content (AvgIpc) is 2.44. The molecule has 0 saturated heterocycles. The zero-order valence-corrected chi connectivity index (χ0v) is 14.1. The molecule has 2 N–H and O–H groups in total. The second kappa shape index (κ2) is 8.20. The lowest BCUT2D eigenvalue weighted by molar-refractivity contribution is 0.665. The highest BCUT2D eigenvalue weighted by Crippen LogP contribution is 2.19. The van der Waals surface area contributed by atoms with E-state index < -0.39 is 0 Å². The van der Waals surface area contributed by atoms with Crippen LogP contribution < -0.4 is 10.6 Å². The molecule has 0 spiro atoms. The maximum atomic E-state index is 4.64. The summed E-state index contributed by atoms with van der Waals surface area (Å²) in [5.74, 6) is 0.884. The lowest BCUT2D eigenvalue weighted by Crippen LogP contribution is -2.43. The Morgan fingerprint density at radius 3 is 2.40 bits per heavy atom. The molecule has 0 radical (unpaired) electrons. The van der Waals surface area contributed by atoms with Crippen molar-refractivity contribution in [3.05, 3.63) is 35.4 Å². The lowest BCUT2D eigenvalue weighted by atomic mass is 10.1.